The maximum Gasteiger partial charge on any atom is 0.309 e. The molecule has 31 heavy (non-hydrogen) atoms. The lowest BCUT2D eigenvalue weighted by molar-refractivity contribution is -0.192. The highest BCUT2D eigenvalue weighted by molar-refractivity contribution is 6.32. The van der Waals surface area contributed by atoms with Gasteiger partial charge in [-0.3, -0.25) is 4.79 Å². The number of rotatable bonds is 6. The van der Waals surface area contributed by atoms with Gasteiger partial charge >= 0.3 is 5.97 Å². The van der Waals surface area contributed by atoms with Gasteiger partial charge in [-0.1, -0.05) is 43.1 Å². The number of aryl methyl sites for hydroxylation is 1. The molecule has 1 fully saturated rings. The number of para-hydroxylation sites is 1. The van der Waals surface area contributed by atoms with Crippen LogP contribution in [0.15, 0.2) is 42.5 Å². The third-order valence-corrected chi connectivity index (χ3v) is 6.70. The van der Waals surface area contributed by atoms with Crippen molar-refractivity contribution in [2.75, 3.05) is 6.61 Å². The predicted octanol–water partition coefficient (Wildman–Crippen LogP) is 5.69. The minimum atomic E-state index is -0.882. The highest BCUT2D eigenvalue weighted by Crippen LogP contribution is 2.52. The summed E-state index contributed by atoms with van der Waals surface area (Å²) in [6.07, 6.45) is 1.65. The van der Waals surface area contributed by atoms with Crippen LogP contribution >= 0.6 is 11.6 Å². The molecule has 1 saturated heterocycles. The Hall–Kier alpha value is -2.24. The Balaban J connectivity index is 1.64. The molecule has 166 valence electrons. The number of halogens is 1. The number of ether oxygens (including phenoxy) is 3. The first-order valence-corrected chi connectivity index (χ1v) is 11.3. The Labute approximate surface area is 188 Å². The van der Waals surface area contributed by atoms with Crippen molar-refractivity contribution in [2.45, 2.75) is 57.8 Å². The quantitative estimate of drug-likeness (QED) is 0.620. The molecular formula is C25H29ClO5. The van der Waals surface area contributed by atoms with Crippen LogP contribution in [0.4, 0.5) is 0 Å². The van der Waals surface area contributed by atoms with Gasteiger partial charge in [0.05, 0.1) is 17.0 Å². The maximum absolute atomic E-state index is 12.1. The first kappa shape index (κ1) is 22.0. The van der Waals surface area contributed by atoms with Crippen LogP contribution in [0.5, 0.6) is 11.5 Å². The smallest absolute Gasteiger partial charge is 0.309 e. The van der Waals surface area contributed by atoms with E-state index >= 15 is 0 Å². The number of carbonyl (C=O) groups is 1. The summed E-state index contributed by atoms with van der Waals surface area (Å²) in [4.78, 5) is 12.1. The molecule has 6 heteroatoms. The number of benzene rings is 2. The molecule has 1 N–H and O–H groups in total. The molecule has 5 nitrogen and oxygen atoms in total. The number of hydrogen-bond acceptors (Lipinski definition) is 4. The van der Waals surface area contributed by atoms with Crippen LogP contribution in [0.25, 0.3) is 0 Å². The third kappa shape index (κ3) is 4.39. The standard InChI is InChI=1S/C25H29ClO5/c1-4-7-15-10-11-20-16(12-15)23-18(25(2,3)31-20)13-17(24(27)28)22(30-23)14-29-21-9-6-5-8-19(21)26/h5-6,8-12,17-18,22-23H,4,7,13-14H2,1-3H3,(H,27,28)/t17-,18-,22-,23+/m0/s1. The lowest BCUT2D eigenvalue weighted by Crippen LogP contribution is -2.53. The van der Waals surface area contributed by atoms with Gasteiger partial charge in [0.2, 0.25) is 0 Å². The molecular weight excluding hydrogens is 416 g/mol. The van der Waals surface area contributed by atoms with Crippen molar-refractivity contribution in [3.63, 3.8) is 0 Å². The van der Waals surface area contributed by atoms with Crippen molar-refractivity contribution in [3.05, 3.63) is 58.6 Å². The number of carboxylic acids is 1. The SMILES string of the molecule is CCCc1ccc2c(c1)[C@H]1O[C@@H](COc3ccccc3Cl)[C@@H](C(=O)O)C[C@@H]1C(C)(C)O2. The van der Waals surface area contributed by atoms with E-state index in [4.69, 9.17) is 25.8 Å². The van der Waals surface area contributed by atoms with Gasteiger partial charge in [0, 0.05) is 11.5 Å². The Morgan fingerprint density at radius 1 is 1.26 bits per heavy atom. The number of carboxylic acid groups (broad SMARTS) is 1. The van der Waals surface area contributed by atoms with Crippen LogP contribution in [-0.4, -0.2) is 29.4 Å². The minimum Gasteiger partial charge on any atom is -0.489 e. The van der Waals surface area contributed by atoms with Crippen molar-refractivity contribution >= 4 is 17.6 Å². The van der Waals surface area contributed by atoms with E-state index in [1.54, 1.807) is 12.1 Å². The Morgan fingerprint density at radius 3 is 2.74 bits per heavy atom. The average molecular weight is 445 g/mol. The van der Waals surface area contributed by atoms with Crippen LogP contribution in [0.2, 0.25) is 5.02 Å². The van der Waals surface area contributed by atoms with Gasteiger partial charge in [0.15, 0.2) is 0 Å². The van der Waals surface area contributed by atoms with Gasteiger partial charge in [-0.15, -0.1) is 0 Å². The molecule has 4 atom stereocenters. The highest BCUT2D eigenvalue weighted by Gasteiger charge is 2.52. The van der Waals surface area contributed by atoms with E-state index in [0.717, 1.165) is 24.2 Å². The van der Waals surface area contributed by atoms with Crippen molar-refractivity contribution in [3.8, 4) is 11.5 Å². The van der Waals surface area contributed by atoms with Gasteiger partial charge in [-0.25, -0.2) is 0 Å². The fourth-order valence-electron chi connectivity index (χ4n) is 4.73. The zero-order valence-corrected chi connectivity index (χ0v) is 18.9. The van der Waals surface area contributed by atoms with E-state index in [0.29, 0.717) is 17.2 Å². The summed E-state index contributed by atoms with van der Waals surface area (Å²) in [7, 11) is 0. The molecule has 0 unspecified atom stereocenters. The molecule has 0 saturated carbocycles. The molecule has 0 aromatic heterocycles. The Morgan fingerprint density at radius 2 is 2.03 bits per heavy atom. The third-order valence-electron chi connectivity index (χ3n) is 6.39. The van der Waals surface area contributed by atoms with Gasteiger partial charge in [-0.05, 0) is 56.5 Å². The molecule has 0 spiro atoms. The van der Waals surface area contributed by atoms with Crippen molar-refractivity contribution in [1.82, 2.24) is 0 Å². The summed E-state index contributed by atoms with van der Waals surface area (Å²) in [5.74, 6) is -0.309. The summed E-state index contributed by atoms with van der Waals surface area (Å²) in [6, 6.07) is 13.4. The van der Waals surface area contributed by atoms with Crippen LogP contribution < -0.4 is 9.47 Å². The van der Waals surface area contributed by atoms with E-state index < -0.39 is 23.6 Å². The highest BCUT2D eigenvalue weighted by atomic mass is 35.5. The lowest BCUT2D eigenvalue weighted by atomic mass is 9.71. The normalized spacial score (nSPS) is 26.3. The predicted molar refractivity (Wildman–Crippen MR) is 119 cm³/mol. The summed E-state index contributed by atoms with van der Waals surface area (Å²) in [5.41, 5.74) is 1.70. The minimum absolute atomic E-state index is 0.0745. The molecule has 2 aromatic rings. The van der Waals surface area contributed by atoms with Crippen LogP contribution in [0.1, 0.15) is 50.8 Å². The number of aliphatic carboxylic acids is 1. The average Bonchev–Trinajstić information content (AvgIpc) is 2.73. The molecule has 2 aliphatic rings. The molecule has 0 radical (unpaired) electrons. The van der Waals surface area contributed by atoms with Crippen LogP contribution in [0.3, 0.4) is 0 Å². The molecule has 0 amide bonds. The second kappa shape index (κ2) is 8.71. The molecule has 2 aromatic carbocycles. The van der Waals surface area contributed by atoms with Crippen LogP contribution in [0, 0.1) is 11.8 Å². The summed E-state index contributed by atoms with van der Waals surface area (Å²) in [5, 5.41) is 10.4. The second-order valence-corrected chi connectivity index (χ2v) is 9.36. The summed E-state index contributed by atoms with van der Waals surface area (Å²) < 4.78 is 18.7. The zero-order valence-electron chi connectivity index (χ0n) is 18.1. The fraction of sp³-hybridized carbons (Fsp3) is 0.480. The number of hydrogen-bond donors (Lipinski definition) is 1. The van der Waals surface area contributed by atoms with E-state index in [-0.39, 0.29) is 18.6 Å². The maximum atomic E-state index is 12.1. The van der Waals surface area contributed by atoms with E-state index in [1.165, 1.54) is 5.56 Å². The summed E-state index contributed by atoms with van der Waals surface area (Å²) in [6.45, 7) is 6.29. The molecule has 0 aliphatic carbocycles. The lowest BCUT2D eigenvalue weighted by Gasteiger charge is -2.50. The fourth-order valence-corrected chi connectivity index (χ4v) is 4.92. The van der Waals surface area contributed by atoms with Crippen LogP contribution in [-0.2, 0) is 16.0 Å². The topological polar surface area (TPSA) is 65.0 Å². The van der Waals surface area contributed by atoms with Crippen molar-refractivity contribution < 1.29 is 24.1 Å². The van der Waals surface area contributed by atoms with Gasteiger partial charge in [0.1, 0.15) is 29.8 Å². The monoisotopic (exact) mass is 444 g/mol. The van der Waals surface area contributed by atoms with Crippen molar-refractivity contribution in [1.29, 1.82) is 0 Å². The van der Waals surface area contributed by atoms with Gasteiger partial charge in [-0.2, -0.15) is 0 Å². The van der Waals surface area contributed by atoms with E-state index in [9.17, 15) is 9.90 Å². The van der Waals surface area contributed by atoms with E-state index in [1.807, 2.05) is 32.0 Å². The second-order valence-electron chi connectivity index (χ2n) is 8.95. The molecule has 2 heterocycles. The largest absolute Gasteiger partial charge is 0.489 e. The Bertz CT molecular complexity index is 957. The van der Waals surface area contributed by atoms with Crippen molar-refractivity contribution in [2.24, 2.45) is 11.8 Å². The summed E-state index contributed by atoms with van der Waals surface area (Å²) >= 11 is 6.20. The molecule has 0 bridgehead atoms. The number of fused-ring (bicyclic) bond motifs is 3. The molecule has 2 aliphatic heterocycles. The molecule has 4 rings (SSSR count). The zero-order chi connectivity index (χ0) is 22.2. The first-order chi connectivity index (χ1) is 14.8. The first-order valence-electron chi connectivity index (χ1n) is 10.9. The van der Waals surface area contributed by atoms with E-state index in [2.05, 4.69) is 19.1 Å². The van der Waals surface area contributed by atoms with Gasteiger partial charge < -0.3 is 19.3 Å². The Kier molecular flexibility index (Phi) is 6.18. The van der Waals surface area contributed by atoms with Gasteiger partial charge in [0.25, 0.3) is 0 Å².